The molecule has 0 fully saturated rings. The smallest absolute Gasteiger partial charge is 0.262 e. The van der Waals surface area contributed by atoms with Gasteiger partial charge in [0.25, 0.3) is 10.0 Å². The summed E-state index contributed by atoms with van der Waals surface area (Å²) < 4.78 is 29.1. The van der Waals surface area contributed by atoms with Gasteiger partial charge in [-0.15, -0.1) is 0 Å². The van der Waals surface area contributed by atoms with Crippen molar-refractivity contribution in [2.45, 2.75) is 39.0 Å². The number of carbonyl (C=O) groups excluding carboxylic acids is 1. The van der Waals surface area contributed by atoms with Gasteiger partial charge in [0.15, 0.2) is 5.13 Å². The maximum Gasteiger partial charge on any atom is 0.262 e. The summed E-state index contributed by atoms with van der Waals surface area (Å²) in [6.07, 6.45) is 0.371. The van der Waals surface area contributed by atoms with E-state index in [0.717, 1.165) is 15.8 Å². The van der Waals surface area contributed by atoms with Crippen LogP contribution in [0.4, 0.5) is 10.8 Å². The third-order valence-electron chi connectivity index (χ3n) is 4.29. The lowest BCUT2D eigenvalue weighted by Crippen LogP contribution is -2.14. The van der Waals surface area contributed by atoms with E-state index in [1.54, 1.807) is 38.1 Å². The van der Waals surface area contributed by atoms with Gasteiger partial charge in [0, 0.05) is 6.42 Å². The van der Waals surface area contributed by atoms with Crippen LogP contribution in [0.2, 0.25) is 0 Å². The molecule has 0 saturated heterocycles. The van der Waals surface area contributed by atoms with Crippen molar-refractivity contribution < 1.29 is 13.2 Å². The molecule has 0 aliphatic rings. The molecule has 3 aromatic rings. The molecule has 0 atom stereocenters. The summed E-state index contributed by atoms with van der Waals surface area (Å²) in [5.74, 6) is -0.111. The molecule has 3 rings (SSSR count). The maximum absolute atomic E-state index is 12.8. The Balaban J connectivity index is 1.91. The number of hydrogen-bond acceptors (Lipinski definition) is 5. The van der Waals surface area contributed by atoms with Gasteiger partial charge in [-0.05, 0) is 61.7 Å². The average molecular weight is 404 g/mol. The van der Waals surface area contributed by atoms with E-state index in [-0.39, 0.29) is 10.8 Å². The predicted molar refractivity (Wildman–Crippen MR) is 110 cm³/mol. The summed E-state index contributed by atoms with van der Waals surface area (Å²) in [5.41, 5.74) is 3.73. The fourth-order valence-corrected chi connectivity index (χ4v) is 4.91. The first kappa shape index (κ1) is 19.3. The highest BCUT2D eigenvalue weighted by molar-refractivity contribution is 7.92. The zero-order valence-electron chi connectivity index (χ0n) is 15.6. The van der Waals surface area contributed by atoms with Gasteiger partial charge in [0.05, 0.1) is 20.8 Å². The van der Waals surface area contributed by atoms with Gasteiger partial charge >= 0.3 is 0 Å². The Morgan fingerprint density at radius 1 is 1.07 bits per heavy atom. The number of amides is 1. The number of nitrogens with zero attached hydrogens (tertiary/aromatic N) is 1. The highest BCUT2D eigenvalue weighted by atomic mass is 32.2. The highest BCUT2D eigenvalue weighted by Crippen LogP contribution is 2.29. The van der Waals surface area contributed by atoms with E-state index in [1.807, 2.05) is 19.9 Å². The van der Waals surface area contributed by atoms with E-state index < -0.39 is 10.0 Å². The van der Waals surface area contributed by atoms with E-state index in [9.17, 15) is 13.2 Å². The summed E-state index contributed by atoms with van der Waals surface area (Å²) in [6, 6.07) is 8.71. The van der Waals surface area contributed by atoms with Crippen LogP contribution in [0.15, 0.2) is 35.2 Å². The zero-order valence-corrected chi connectivity index (χ0v) is 17.2. The molecule has 6 nitrogen and oxygen atoms in total. The molecular formula is C19H21N3O3S2. The normalized spacial score (nSPS) is 11.6. The Morgan fingerprint density at radius 2 is 1.78 bits per heavy atom. The first-order valence-electron chi connectivity index (χ1n) is 8.50. The van der Waals surface area contributed by atoms with Gasteiger partial charge in [0.2, 0.25) is 5.91 Å². The second kappa shape index (κ2) is 7.28. The largest absolute Gasteiger partial charge is 0.302 e. The van der Waals surface area contributed by atoms with Crippen LogP contribution >= 0.6 is 11.3 Å². The Bertz CT molecular complexity index is 1130. The molecule has 0 radical (unpaired) electrons. The molecular weight excluding hydrogens is 382 g/mol. The van der Waals surface area contributed by atoms with E-state index in [0.29, 0.717) is 28.3 Å². The van der Waals surface area contributed by atoms with Crippen LogP contribution in [0.3, 0.4) is 0 Å². The minimum atomic E-state index is -3.71. The molecule has 27 heavy (non-hydrogen) atoms. The average Bonchev–Trinajstić information content (AvgIpc) is 2.98. The van der Waals surface area contributed by atoms with Crippen molar-refractivity contribution >= 4 is 48.3 Å². The summed E-state index contributed by atoms with van der Waals surface area (Å²) in [6.45, 7) is 7.40. The molecule has 1 heterocycles. The van der Waals surface area contributed by atoms with Gasteiger partial charge in [-0.2, -0.15) is 0 Å². The van der Waals surface area contributed by atoms with E-state index in [2.05, 4.69) is 15.0 Å². The monoisotopic (exact) mass is 403 g/mol. The van der Waals surface area contributed by atoms with Crippen LogP contribution in [0, 0.1) is 20.8 Å². The maximum atomic E-state index is 12.8. The van der Waals surface area contributed by atoms with Gasteiger partial charge in [0.1, 0.15) is 0 Å². The second-order valence-corrected chi connectivity index (χ2v) is 9.09. The molecule has 2 N–H and O–H groups in total. The molecule has 2 aromatic carbocycles. The van der Waals surface area contributed by atoms with E-state index >= 15 is 0 Å². The zero-order chi connectivity index (χ0) is 19.8. The van der Waals surface area contributed by atoms with Crippen LogP contribution in [0.1, 0.15) is 30.0 Å². The molecule has 0 aliphatic carbocycles. The van der Waals surface area contributed by atoms with Crippen molar-refractivity contribution in [1.82, 2.24) is 4.98 Å². The molecule has 0 spiro atoms. The van der Waals surface area contributed by atoms with Crippen molar-refractivity contribution in [3.8, 4) is 0 Å². The third kappa shape index (κ3) is 4.12. The minimum absolute atomic E-state index is 0.111. The highest BCUT2D eigenvalue weighted by Gasteiger charge is 2.18. The molecule has 1 aromatic heterocycles. The number of benzene rings is 2. The predicted octanol–water partition coefficient (Wildman–Crippen LogP) is 4.37. The second-order valence-electron chi connectivity index (χ2n) is 6.41. The summed E-state index contributed by atoms with van der Waals surface area (Å²) in [5, 5.41) is 3.23. The Labute approximate surface area is 162 Å². The van der Waals surface area contributed by atoms with Gasteiger partial charge in [-0.1, -0.05) is 24.3 Å². The van der Waals surface area contributed by atoms with Crippen molar-refractivity contribution in [1.29, 1.82) is 0 Å². The minimum Gasteiger partial charge on any atom is -0.302 e. The molecule has 0 bridgehead atoms. The van der Waals surface area contributed by atoms with Crippen LogP contribution in [0.5, 0.6) is 0 Å². The third-order valence-corrected chi connectivity index (χ3v) is 6.76. The van der Waals surface area contributed by atoms with Crippen molar-refractivity contribution in [3.05, 3.63) is 47.0 Å². The lowest BCUT2D eigenvalue weighted by molar-refractivity contribution is -0.115. The Hall–Kier alpha value is -2.45. The Morgan fingerprint density at radius 3 is 2.48 bits per heavy atom. The molecule has 0 saturated carbocycles. The summed E-state index contributed by atoms with van der Waals surface area (Å²) >= 11 is 1.35. The molecule has 142 valence electrons. The molecule has 0 aliphatic heterocycles. The molecule has 0 unspecified atom stereocenters. The number of fused-ring (bicyclic) bond motifs is 1. The number of nitrogens with one attached hydrogen (secondary N) is 2. The van der Waals surface area contributed by atoms with Crippen LogP contribution in [-0.4, -0.2) is 19.3 Å². The van der Waals surface area contributed by atoms with Crippen LogP contribution < -0.4 is 10.0 Å². The number of rotatable bonds is 5. The number of carbonyl (C=O) groups is 1. The molecule has 1 amide bonds. The SMILES string of the molecule is CCC(=O)Nc1nc2cc(NS(=O)(=O)c3cc(C)c(C)cc3C)ccc2s1. The van der Waals surface area contributed by atoms with Crippen LogP contribution in [-0.2, 0) is 14.8 Å². The fourth-order valence-electron chi connectivity index (χ4n) is 2.69. The Kier molecular flexibility index (Phi) is 5.21. The number of aromatic nitrogens is 1. The standard InChI is InChI=1S/C19H21N3O3S2/c1-5-18(23)21-19-20-15-10-14(6-7-16(15)26-19)22-27(24,25)17-9-12(3)11(2)8-13(17)4/h6-10,22H,5H2,1-4H3,(H,20,21,23). The fraction of sp³-hybridized carbons (Fsp3) is 0.263. The van der Waals surface area contributed by atoms with Crippen molar-refractivity contribution in [3.63, 3.8) is 0 Å². The summed E-state index contributed by atoms with van der Waals surface area (Å²) in [7, 11) is -3.71. The number of sulfonamides is 1. The number of thiazole rings is 1. The number of hydrogen-bond donors (Lipinski definition) is 2. The lowest BCUT2D eigenvalue weighted by atomic mass is 10.1. The van der Waals surface area contributed by atoms with Crippen molar-refractivity contribution in [2.75, 3.05) is 10.0 Å². The lowest BCUT2D eigenvalue weighted by Gasteiger charge is -2.12. The van der Waals surface area contributed by atoms with Gasteiger partial charge in [-0.25, -0.2) is 13.4 Å². The first-order valence-corrected chi connectivity index (χ1v) is 10.8. The van der Waals surface area contributed by atoms with E-state index in [4.69, 9.17) is 0 Å². The topological polar surface area (TPSA) is 88.2 Å². The van der Waals surface area contributed by atoms with Gasteiger partial charge in [-0.3, -0.25) is 9.52 Å². The van der Waals surface area contributed by atoms with Crippen molar-refractivity contribution in [2.24, 2.45) is 0 Å². The van der Waals surface area contributed by atoms with E-state index in [1.165, 1.54) is 11.3 Å². The number of anilines is 2. The van der Waals surface area contributed by atoms with Crippen LogP contribution in [0.25, 0.3) is 10.2 Å². The summed E-state index contributed by atoms with van der Waals surface area (Å²) in [4.78, 5) is 16.1. The quantitative estimate of drug-likeness (QED) is 0.662. The molecule has 8 heteroatoms. The first-order chi connectivity index (χ1) is 12.7. The van der Waals surface area contributed by atoms with Gasteiger partial charge < -0.3 is 5.32 Å². The number of aryl methyl sites for hydroxylation is 3.